The van der Waals surface area contributed by atoms with Crippen molar-refractivity contribution >= 4 is 11.6 Å². The number of halogens is 2. The molecule has 0 aliphatic carbocycles. The van der Waals surface area contributed by atoms with Crippen LogP contribution in [0.3, 0.4) is 0 Å². The quantitative estimate of drug-likeness (QED) is 0.627. The number of para-hydroxylation sites is 1. The monoisotopic (exact) mass is 428 g/mol. The second kappa shape index (κ2) is 10.3. The Morgan fingerprint density at radius 1 is 1.13 bits per heavy atom. The molecule has 31 heavy (non-hydrogen) atoms. The Morgan fingerprint density at radius 3 is 2.74 bits per heavy atom. The van der Waals surface area contributed by atoms with Crippen molar-refractivity contribution in [1.29, 1.82) is 0 Å². The van der Waals surface area contributed by atoms with Gasteiger partial charge in [0.05, 0.1) is 11.7 Å². The van der Waals surface area contributed by atoms with E-state index in [-0.39, 0.29) is 23.5 Å². The average molecular weight is 429 g/mol. The number of rotatable bonds is 7. The van der Waals surface area contributed by atoms with Crippen LogP contribution in [0.2, 0.25) is 0 Å². The molecule has 7 heteroatoms. The summed E-state index contributed by atoms with van der Waals surface area (Å²) in [6.07, 6.45) is 3.44. The average Bonchev–Trinajstić information content (AvgIpc) is 3.23. The van der Waals surface area contributed by atoms with Crippen molar-refractivity contribution in [3.63, 3.8) is 0 Å². The predicted molar refractivity (Wildman–Crippen MR) is 117 cm³/mol. The molecule has 3 atom stereocenters. The van der Waals surface area contributed by atoms with Gasteiger partial charge in [-0.1, -0.05) is 24.3 Å². The lowest BCUT2D eigenvalue weighted by Crippen LogP contribution is -2.40. The van der Waals surface area contributed by atoms with E-state index < -0.39 is 5.82 Å². The lowest BCUT2D eigenvalue weighted by Gasteiger charge is -2.35. The first-order valence-electron chi connectivity index (χ1n) is 11.1. The highest BCUT2D eigenvalue weighted by atomic mass is 19.1. The molecule has 4 rings (SSSR count). The van der Waals surface area contributed by atoms with Gasteiger partial charge in [-0.05, 0) is 61.6 Å². The normalized spacial score (nSPS) is 24.3. The van der Waals surface area contributed by atoms with Gasteiger partial charge in [-0.25, -0.2) is 14.2 Å². The maximum Gasteiger partial charge on any atom is 0.224 e. The number of nitrogens with zero attached hydrogens (tertiary/aromatic N) is 1. The Balaban J connectivity index is 1.26. The number of anilines is 1. The molecule has 1 amide bonds. The summed E-state index contributed by atoms with van der Waals surface area (Å²) in [5.74, 6) is 0.0985. The number of amides is 1. The Kier molecular flexibility index (Phi) is 7.27. The van der Waals surface area contributed by atoms with Gasteiger partial charge in [-0.3, -0.25) is 10.2 Å². The standard InChI is InChI=1S/C24H30F2N4O/c25-20-10-8-18(9-11-20)24-19(14-27-29-24)16-30-13-3-4-17(15-30)7-12-23(31)28-22-6-2-1-5-21(22)26/h1-2,5-6,8-11,17,19,24,27,29H,3-4,7,12-16H2,(H,28,31). The minimum Gasteiger partial charge on any atom is -0.324 e. The van der Waals surface area contributed by atoms with E-state index in [2.05, 4.69) is 21.1 Å². The van der Waals surface area contributed by atoms with Crippen molar-refractivity contribution in [2.75, 3.05) is 31.5 Å². The molecule has 3 unspecified atom stereocenters. The molecule has 2 aromatic carbocycles. The number of piperidine rings is 1. The minimum atomic E-state index is -0.408. The van der Waals surface area contributed by atoms with Crippen LogP contribution in [-0.4, -0.2) is 37.0 Å². The molecule has 2 fully saturated rings. The van der Waals surface area contributed by atoms with E-state index in [9.17, 15) is 13.6 Å². The second-order valence-corrected chi connectivity index (χ2v) is 8.65. The zero-order chi connectivity index (χ0) is 21.6. The molecule has 2 heterocycles. The Bertz CT molecular complexity index is 876. The topological polar surface area (TPSA) is 56.4 Å². The van der Waals surface area contributed by atoms with E-state index in [0.717, 1.165) is 51.0 Å². The number of hydrogen-bond acceptors (Lipinski definition) is 4. The summed E-state index contributed by atoms with van der Waals surface area (Å²) in [7, 11) is 0. The van der Waals surface area contributed by atoms with Crippen LogP contribution in [0, 0.1) is 23.5 Å². The SMILES string of the molecule is O=C(CCC1CCCN(CC2CNNC2c2ccc(F)cc2)C1)Nc1ccccc1F. The van der Waals surface area contributed by atoms with E-state index in [1.54, 1.807) is 18.2 Å². The Morgan fingerprint density at radius 2 is 1.94 bits per heavy atom. The van der Waals surface area contributed by atoms with Crippen LogP contribution in [0.4, 0.5) is 14.5 Å². The zero-order valence-electron chi connectivity index (χ0n) is 17.6. The number of carbonyl (C=O) groups is 1. The third-order valence-electron chi connectivity index (χ3n) is 6.35. The Labute approximate surface area is 182 Å². The molecule has 2 aliphatic heterocycles. The highest BCUT2D eigenvalue weighted by Gasteiger charge is 2.31. The van der Waals surface area contributed by atoms with Crippen molar-refractivity contribution in [2.24, 2.45) is 11.8 Å². The van der Waals surface area contributed by atoms with Gasteiger partial charge >= 0.3 is 0 Å². The highest BCUT2D eigenvalue weighted by molar-refractivity contribution is 5.90. The first-order valence-corrected chi connectivity index (χ1v) is 11.1. The number of likely N-dealkylation sites (tertiary alicyclic amines) is 1. The van der Waals surface area contributed by atoms with Crippen molar-refractivity contribution in [3.8, 4) is 0 Å². The van der Waals surface area contributed by atoms with E-state index in [0.29, 0.717) is 18.3 Å². The number of benzene rings is 2. The molecule has 0 radical (unpaired) electrons. The fourth-order valence-corrected chi connectivity index (χ4v) is 4.73. The molecule has 5 nitrogen and oxygen atoms in total. The van der Waals surface area contributed by atoms with Crippen molar-refractivity contribution in [2.45, 2.75) is 31.7 Å². The summed E-state index contributed by atoms with van der Waals surface area (Å²) in [6, 6.07) is 13.1. The van der Waals surface area contributed by atoms with Crippen LogP contribution in [0.15, 0.2) is 48.5 Å². The van der Waals surface area contributed by atoms with Gasteiger partial charge in [0.15, 0.2) is 0 Å². The zero-order valence-corrected chi connectivity index (χ0v) is 17.6. The van der Waals surface area contributed by atoms with E-state index in [1.165, 1.54) is 18.2 Å². The van der Waals surface area contributed by atoms with Gasteiger partial charge in [-0.15, -0.1) is 0 Å². The summed E-state index contributed by atoms with van der Waals surface area (Å²) in [6.45, 7) is 3.86. The van der Waals surface area contributed by atoms with Gasteiger partial charge in [0.2, 0.25) is 5.91 Å². The predicted octanol–water partition coefficient (Wildman–Crippen LogP) is 3.86. The van der Waals surface area contributed by atoms with Gasteiger partial charge in [0.25, 0.3) is 0 Å². The fourth-order valence-electron chi connectivity index (χ4n) is 4.73. The molecule has 166 valence electrons. The number of carbonyl (C=O) groups excluding carboxylic acids is 1. The van der Waals surface area contributed by atoms with Crippen LogP contribution >= 0.6 is 0 Å². The molecule has 2 aromatic rings. The van der Waals surface area contributed by atoms with E-state index in [4.69, 9.17) is 0 Å². The van der Waals surface area contributed by atoms with Crippen LogP contribution < -0.4 is 16.2 Å². The first kappa shape index (κ1) is 21.9. The minimum absolute atomic E-state index is 0.136. The Hall–Kier alpha value is -2.35. The van der Waals surface area contributed by atoms with Gasteiger partial charge < -0.3 is 10.2 Å². The fraction of sp³-hybridized carbons (Fsp3) is 0.458. The number of nitrogens with one attached hydrogen (secondary N) is 3. The summed E-state index contributed by atoms with van der Waals surface area (Å²) in [4.78, 5) is 14.7. The summed E-state index contributed by atoms with van der Waals surface area (Å²) in [5, 5.41) is 2.68. The van der Waals surface area contributed by atoms with Crippen LogP contribution in [-0.2, 0) is 4.79 Å². The van der Waals surface area contributed by atoms with Crippen LogP contribution in [0.5, 0.6) is 0 Å². The van der Waals surface area contributed by atoms with Crippen LogP contribution in [0.25, 0.3) is 0 Å². The van der Waals surface area contributed by atoms with Crippen LogP contribution in [0.1, 0.15) is 37.3 Å². The maximum absolute atomic E-state index is 13.7. The largest absolute Gasteiger partial charge is 0.324 e. The maximum atomic E-state index is 13.7. The molecule has 0 bridgehead atoms. The molecule has 0 spiro atoms. The lowest BCUT2D eigenvalue weighted by molar-refractivity contribution is -0.116. The van der Waals surface area contributed by atoms with Crippen molar-refractivity contribution < 1.29 is 13.6 Å². The smallest absolute Gasteiger partial charge is 0.224 e. The molecular weight excluding hydrogens is 398 g/mol. The lowest BCUT2D eigenvalue weighted by atomic mass is 9.90. The molecule has 2 aliphatic rings. The number of hydrazine groups is 1. The highest BCUT2D eigenvalue weighted by Crippen LogP contribution is 2.28. The molecule has 2 saturated heterocycles. The van der Waals surface area contributed by atoms with Gasteiger partial charge in [0.1, 0.15) is 11.6 Å². The third-order valence-corrected chi connectivity index (χ3v) is 6.35. The third kappa shape index (κ3) is 5.87. The van der Waals surface area contributed by atoms with Crippen molar-refractivity contribution in [3.05, 3.63) is 65.7 Å². The summed E-state index contributed by atoms with van der Waals surface area (Å²) >= 11 is 0. The van der Waals surface area contributed by atoms with Crippen molar-refractivity contribution in [1.82, 2.24) is 15.8 Å². The molecule has 0 aromatic heterocycles. The number of hydrogen-bond donors (Lipinski definition) is 3. The molecule has 0 saturated carbocycles. The molecule has 3 N–H and O–H groups in total. The second-order valence-electron chi connectivity index (χ2n) is 8.65. The van der Waals surface area contributed by atoms with Gasteiger partial charge in [-0.2, -0.15) is 0 Å². The van der Waals surface area contributed by atoms with Gasteiger partial charge in [0, 0.05) is 32.0 Å². The van der Waals surface area contributed by atoms with E-state index in [1.807, 2.05) is 12.1 Å². The summed E-state index contributed by atoms with van der Waals surface area (Å²) < 4.78 is 27.0. The molecular formula is C24H30F2N4O. The van der Waals surface area contributed by atoms with E-state index >= 15 is 0 Å². The summed E-state index contributed by atoms with van der Waals surface area (Å²) in [5.41, 5.74) is 7.91. The first-order chi connectivity index (χ1) is 15.1.